The maximum atomic E-state index is 11.9. The minimum absolute atomic E-state index is 0.0867. The van der Waals surface area contributed by atoms with E-state index in [9.17, 15) is 4.79 Å². The SMILES string of the molecule is Cc1ccc(Br)cc1CCN1CCC(C#N)CC1=O. The number of hydrogen-bond donors (Lipinski definition) is 0. The van der Waals surface area contributed by atoms with Crippen LogP contribution >= 0.6 is 15.9 Å². The molecule has 1 saturated heterocycles. The molecule has 1 amide bonds. The fourth-order valence-corrected chi connectivity index (χ4v) is 2.80. The van der Waals surface area contributed by atoms with Gasteiger partial charge in [-0.3, -0.25) is 4.79 Å². The van der Waals surface area contributed by atoms with Crippen molar-refractivity contribution in [3.63, 3.8) is 0 Å². The van der Waals surface area contributed by atoms with E-state index in [1.807, 2.05) is 11.0 Å². The second-order valence-electron chi connectivity index (χ2n) is 5.02. The summed E-state index contributed by atoms with van der Waals surface area (Å²) >= 11 is 3.47. The van der Waals surface area contributed by atoms with Crippen LogP contribution in [0, 0.1) is 24.2 Å². The number of carbonyl (C=O) groups excluding carboxylic acids is 1. The summed E-state index contributed by atoms with van der Waals surface area (Å²) in [4.78, 5) is 13.8. The van der Waals surface area contributed by atoms with Gasteiger partial charge in [-0.25, -0.2) is 0 Å². The summed E-state index contributed by atoms with van der Waals surface area (Å²) in [5.41, 5.74) is 2.52. The lowest BCUT2D eigenvalue weighted by Gasteiger charge is -2.29. The van der Waals surface area contributed by atoms with Gasteiger partial charge in [0, 0.05) is 24.0 Å². The summed E-state index contributed by atoms with van der Waals surface area (Å²) < 4.78 is 1.07. The number of carbonyl (C=O) groups is 1. The standard InChI is InChI=1S/C15H17BrN2O/c1-11-2-3-14(16)9-13(11)5-7-18-6-4-12(10-17)8-15(18)19/h2-3,9,12H,4-8H2,1H3. The van der Waals surface area contributed by atoms with Gasteiger partial charge in [0.2, 0.25) is 5.91 Å². The van der Waals surface area contributed by atoms with Crippen LogP contribution in [-0.2, 0) is 11.2 Å². The minimum atomic E-state index is -0.0867. The highest BCUT2D eigenvalue weighted by atomic mass is 79.9. The molecule has 2 rings (SSSR count). The molecule has 1 aliphatic heterocycles. The first-order chi connectivity index (χ1) is 9.10. The van der Waals surface area contributed by atoms with E-state index < -0.39 is 0 Å². The number of amides is 1. The Morgan fingerprint density at radius 3 is 3.00 bits per heavy atom. The van der Waals surface area contributed by atoms with Crippen molar-refractivity contribution in [3.8, 4) is 6.07 Å². The monoisotopic (exact) mass is 320 g/mol. The van der Waals surface area contributed by atoms with E-state index in [1.54, 1.807) is 0 Å². The lowest BCUT2D eigenvalue weighted by Crippen LogP contribution is -2.39. The smallest absolute Gasteiger partial charge is 0.223 e. The molecule has 19 heavy (non-hydrogen) atoms. The third-order valence-corrected chi connectivity index (χ3v) is 4.16. The third kappa shape index (κ3) is 3.57. The Morgan fingerprint density at radius 1 is 1.53 bits per heavy atom. The molecule has 1 aromatic carbocycles. The summed E-state index contributed by atoms with van der Waals surface area (Å²) in [7, 11) is 0. The second kappa shape index (κ2) is 6.21. The van der Waals surface area contributed by atoms with Crippen molar-refractivity contribution in [1.82, 2.24) is 4.90 Å². The summed E-state index contributed by atoms with van der Waals surface area (Å²) in [6.07, 6.45) is 2.06. The van der Waals surface area contributed by atoms with E-state index in [2.05, 4.69) is 41.1 Å². The molecule has 3 nitrogen and oxygen atoms in total. The quantitative estimate of drug-likeness (QED) is 0.859. The van der Waals surface area contributed by atoms with Crippen molar-refractivity contribution in [1.29, 1.82) is 5.26 Å². The molecule has 4 heteroatoms. The number of benzene rings is 1. The predicted octanol–water partition coefficient (Wildman–Crippen LogP) is 3.06. The van der Waals surface area contributed by atoms with Gasteiger partial charge in [0.1, 0.15) is 0 Å². The van der Waals surface area contributed by atoms with Gasteiger partial charge in [-0.05, 0) is 43.0 Å². The summed E-state index contributed by atoms with van der Waals surface area (Å²) in [5.74, 6) is 0.0294. The van der Waals surface area contributed by atoms with E-state index in [0.717, 1.165) is 23.9 Å². The van der Waals surface area contributed by atoms with Gasteiger partial charge in [0.15, 0.2) is 0 Å². The highest BCUT2D eigenvalue weighted by Crippen LogP contribution is 2.20. The molecule has 0 bridgehead atoms. The van der Waals surface area contributed by atoms with Crippen molar-refractivity contribution < 1.29 is 4.79 Å². The minimum Gasteiger partial charge on any atom is -0.342 e. The van der Waals surface area contributed by atoms with Crippen molar-refractivity contribution in [2.45, 2.75) is 26.2 Å². The molecule has 100 valence electrons. The average molecular weight is 321 g/mol. The van der Waals surface area contributed by atoms with Gasteiger partial charge in [0.25, 0.3) is 0 Å². The molecule has 0 aliphatic carbocycles. The first-order valence-electron chi connectivity index (χ1n) is 6.52. The van der Waals surface area contributed by atoms with E-state index in [4.69, 9.17) is 5.26 Å². The molecular formula is C15H17BrN2O. The lowest BCUT2D eigenvalue weighted by atomic mass is 9.97. The Hall–Kier alpha value is -1.34. The van der Waals surface area contributed by atoms with Crippen molar-refractivity contribution in [3.05, 3.63) is 33.8 Å². The molecule has 1 unspecified atom stereocenters. The zero-order chi connectivity index (χ0) is 13.8. The van der Waals surface area contributed by atoms with E-state index >= 15 is 0 Å². The molecule has 1 aliphatic rings. The van der Waals surface area contributed by atoms with Crippen LogP contribution in [0.25, 0.3) is 0 Å². The van der Waals surface area contributed by atoms with Gasteiger partial charge in [-0.15, -0.1) is 0 Å². The average Bonchev–Trinajstić information content (AvgIpc) is 2.40. The Balaban J connectivity index is 1.94. The van der Waals surface area contributed by atoms with Crippen molar-refractivity contribution in [2.24, 2.45) is 5.92 Å². The number of likely N-dealkylation sites (tertiary alicyclic amines) is 1. The molecule has 1 heterocycles. The zero-order valence-electron chi connectivity index (χ0n) is 11.0. The molecule has 0 radical (unpaired) electrons. The maximum absolute atomic E-state index is 11.9. The van der Waals surface area contributed by atoms with Crippen LogP contribution in [0.15, 0.2) is 22.7 Å². The highest BCUT2D eigenvalue weighted by molar-refractivity contribution is 9.10. The van der Waals surface area contributed by atoms with E-state index in [-0.39, 0.29) is 11.8 Å². The number of nitriles is 1. The number of piperidine rings is 1. The van der Waals surface area contributed by atoms with Crippen LogP contribution in [0.3, 0.4) is 0 Å². The number of hydrogen-bond acceptors (Lipinski definition) is 2. The largest absolute Gasteiger partial charge is 0.342 e. The summed E-state index contributed by atoms with van der Waals surface area (Å²) in [6, 6.07) is 8.42. The second-order valence-corrected chi connectivity index (χ2v) is 5.94. The summed E-state index contributed by atoms with van der Waals surface area (Å²) in [6.45, 7) is 3.55. The topological polar surface area (TPSA) is 44.1 Å². The van der Waals surface area contributed by atoms with Crippen molar-refractivity contribution in [2.75, 3.05) is 13.1 Å². The Bertz CT molecular complexity index is 521. The molecule has 1 fully saturated rings. The zero-order valence-corrected chi connectivity index (χ0v) is 12.6. The number of aryl methyl sites for hydroxylation is 1. The number of halogens is 1. The lowest BCUT2D eigenvalue weighted by molar-refractivity contribution is -0.134. The first-order valence-corrected chi connectivity index (χ1v) is 7.32. The molecular weight excluding hydrogens is 304 g/mol. The third-order valence-electron chi connectivity index (χ3n) is 3.67. The Labute approximate surface area is 122 Å². The molecule has 1 aromatic rings. The van der Waals surface area contributed by atoms with Gasteiger partial charge in [-0.2, -0.15) is 5.26 Å². The molecule has 0 saturated carbocycles. The van der Waals surface area contributed by atoms with Crippen LogP contribution in [0.4, 0.5) is 0 Å². The van der Waals surface area contributed by atoms with Crippen molar-refractivity contribution >= 4 is 21.8 Å². The molecule has 0 N–H and O–H groups in total. The highest BCUT2D eigenvalue weighted by Gasteiger charge is 2.25. The normalized spacial score (nSPS) is 19.3. The van der Waals surface area contributed by atoms with Gasteiger partial charge in [-0.1, -0.05) is 22.0 Å². The molecule has 0 spiro atoms. The van der Waals surface area contributed by atoms with Crippen LogP contribution < -0.4 is 0 Å². The van der Waals surface area contributed by atoms with Gasteiger partial charge < -0.3 is 4.90 Å². The predicted molar refractivity (Wildman–Crippen MR) is 77.5 cm³/mol. The Kier molecular flexibility index (Phi) is 4.60. The Morgan fingerprint density at radius 2 is 2.32 bits per heavy atom. The summed E-state index contributed by atoms with van der Waals surface area (Å²) in [5, 5.41) is 8.84. The van der Waals surface area contributed by atoms with Crippen LogP contribution in [0.2, 0.25) is 0 Å². The van der Waals surface area contributed by atoms with Gasteiger partial charge >= 0.3 is 0 Å². The van der Waals surface area contributed by atoms with E-state index in [1.165, 1.54) is 11.1 Å². The fourth-order valence-electron chi connectivity index (χ4n) is 2.39. The molecule has 1 atom stereocenters. The maximum Gasteiger partial charge on any atom is 0.223 e. The van der Waals surface area contributed by atoms with Crippen LogP contribution in [0.5, 0.6) is 0 Å². The molecule has 0 aromatic heterocycles. The number of rotatable bonds is 3. The first kappa shape index (κ1) is 14.1. The van der Waals surface area contributed by atoms with Crippen LogP contribution in [0.1, 0.15) is 24.0 Å². The van der Waals surface area contributed by atoms with Crippen LogP contribution in [-0.4, -0.2) is 23.9 Å². The fraction of sp³-hybridized carbons (Fsp3) is 0.467. The van der Waals surface area contributed by atoms with E-state index in [0.29, 0.717) is 13.0 Å². The van der Waals surface area contributed by atoms with Gasteiger partial charge in [0.05, 0.1) is 12.0 Å². The number of nitrogens with zero attached hydrogens (tertiary/aromatic N) is 2.